The summed E-state index contributed by atoms with van der Waals surface area (Å²) >= 11 is 0. The maximum Gasteiger partial charge on any atom is 0.0379 e. The van der Waals surface area contributed by atoms with Gasteiger partial charge in [-0.1, -0.05) is 0 Å². The number of allylic oxidation sites excluding steroid dienone is 3. The fourth-order valence-corrected chi connectivity index (χ4v) is 0.465. The molecule has 0 saturated carbocycles. The monoisotopic (exact) mass is 367 g/mol. The van der Waals surface area contributed by atoms with Gasteiger partial charge in [-0.05, 0) is 25.2 Å². The van der Waals surface area contributed by atoms with Gasteiger partial charge in [0.25, 0.3) is 0 Å². The Morgan fingerprint density at radius 3 is 3.00 bits per heavy atom. The van der Waals surface area contributed by atoms with E-state index in [0.29, 0.717) is 0 Å². The van der Waals surface area contributed by atoms with E-state index in [1.165, 1.54) is 0 Å². The van der Waals surface area contributed by atoms with Crippen LogP contribution in [0.4, 0.5) is 0 Å². The van der Waals surface area contributed by atoms with E-state index in [1.54, 1.807) is 12.3 Å². The minimum absolute atomic E-state index is 0. The van der Waals surface area contributed by atoms with Gasteiger partial charge in [0, 0.05) is 11.9 Å². The standard InChI is InChI=1S/C7H7N.Lr/c1-7-5-3-2-4-6-8-7;/h3-6H,1H3;. The zero-order valence-electron chi connectivity index (χ0n) is 5.01. The molecular formula is C7H7LrN. The van der Waals surface area contributed by atoms with Gasteiger partial charge in [-0.2, -0.15) is 0 Å². The Bertz CT molecular complexity index is 195. The molecule has 1 heterocycles. The molecule has 0 amide bonds. The third-order valence-electron chi connectivity index (χ3n) is 0.870. The Balaban J connectivity index is 0.000000640. The van der Waals surface area contributed by atoms with Crippen molar-refractivity contribution in [3.05, 3.63) is 29.7 Å². The molecule has 0 aromatic carbocycles. The van der Waals surface area contributed by atoms with E-state index in [9.17, 15) is 0 Å². The van der Waals surface area contributed by atoms with Crippen LogP contribution in [0.5, 0.6) is 0 Å². The average Bonchev–Trinajstić information content (AvgIpc) is 1.94. The van der Waals surface area contributed by atoms with Gasteiger partial charge in [0.05, 0.1) is 0 Å². The molecule has 0 atom stereocenters. The van der Waals surface area contributed by atoms with Gasteiger partial charge < -0.3 is 0 Å². The third-order valence-corrected chi connectivity index (χ3v) is 0.870. The average molecular weight is 367 g/mol. The molecule has 0 fully saturated rings. The van der Waals surface area contributed by atoms with Crippen LogP contribution < -0.4 is 0 Å². The molecule has 0 spiro atoms. The van der Waals surface area contributed by atoms with Crippen LogP contribution in [0.2, 0.25) is 0 Å². The molecule has 0 N–H and O–H groups in total. The second-order valence-electron chi connectivity index (χ2n) is 1.59. The van der Waals surface area contributed by atoms with Crippen LogP contribution in [0.1, 0.15) is 6.92 Å². The van der Waals surface area contributed by atoms with E-state index in [0.717, 1.165) is 5.70 Å². The predicted octanol–water partition coefficient (Wildman–Crippen LogP) is 1.69. The van der Waals surface area contributed by atoms with Crippen LogP contribution in [-0.4, -0.2) is 6.21 Å². The van der Waals surface area contributed by atoms with Crippen molar-refractivity contribution < 1.29 is 0 Å². The van der Waals surface area contributed by atoms with Crippen LogP contribution in [0.3, 0.4) is 0 Å². The number of aliphatic imine (C=N–C) groups is 1. The van der Waals surface area contributed by atoms with Crippen LogP contribution in [0, 0.1) is 0 Å². The van der Waals surface area contributed by atoms with E-state index in [2.05, 4.69) is 10.7 Å². The van der Waals surface area contributed by atoms with Gasteiger partial charge in [-0.15, -0.1) is 5.73 Å². The fraction of sp³-hybridized carbons (Fsp3) is 0.143. The summed E-state index contributed by atoms with van der Waals surface area (Å²) in [6.45, 7) is 1.95. The van der Waals surface area contributed by atoms with E-state index in [4.69, 9.17) is 0 Å². The summed E-state index contributed by atoms with van der Waals surface area (Å²) in [4.78, 5) is 4.01. The van der Waals surface area contributed by atoms with Gasteiger partial charge in [-0.3, -0.25) is 4.99 Å². The smallest absolute Gasteiger partial charge is 0.0379 e. The SMILES string of the molecule is CC1=CC=C=CC=N1.[Lr]. The summed E-state index contributed by atoms with van der Waals surface area (Å²) < 4.78 is 0. The second-order valence-corrected chi connectivity index (χ2v) is 1.59. The molecule has 0 bridgehead atoms. The minimum Gasteiger partial charge on any atom is -0.261 e. The van der Waals surface area contributed by atoms with Crippen LogP contribution in [-0.2, 0) is 0 Å². The summed E-state index contributed by atoms with van der Waals surface area (Å²) in [5.74, 6) is 0. The Kier molecular flexibility index (Phi) is 2.31. The summed E-state index contributed by atoms with van der Waals surface area (Å²) in [7, 11) is 0. The molecule has 9 heavy (non-hydrogen) atoms. The zero-order chi connectivity index (χ0) is 5.82. The van der Waals surface area contributed by atoms with Crippen LogP contribution in [0.25, 0.3) is 0 Å². The first-order valence-electron chi connectivity index (χ1n) is 2.51. The van der Waals surface area contributed by atoms with Gasteiger partial charge in [0.1, 0.15) is 0 Å². The first kappa shape index (κ1) is 6.93. The quantitative estimate of drug-likeness (QED) is 0.578. The van der Waals surface area contributed by atoms with Gasteiger partial charge >= 0.3 is 0 Å². The Hall–Kier alpha value is -2.07. The molecular weight excluding hydrogens is 360 g/mol. The molecule has 2 heteroatoms. The zero-order valence-corrected chi connectivity index (χ0v) is 7.16. The largest absolute Gasteiger partial charge is 0.261 e. The molecule has 1 nitrogen and oxygen atoms in total. The number of hydrogen-bond acceptors (Lipinski definition) is 1. The van der Waals surface area contributed by atoms with Crippen molar-refractivity contribution in [2.75, 3.05) is 0 Å². The summed E-state index contributed by atoms with van der Waals surface area (Å²) in [6.07, 6.45) is 7.28. The maximum absolute atomic E-state index is 4.01. The third kappa shape index (κ3) is 1.91. The molecule has 0 aromatic heterocycles. The van der Waals surface area contributed by atoms with E-state index >= 15 is 0 Å². The van der Waals surface area contributed by atoms with E-state index < -0.39 is 0 Å². The molecule has 0 unspecified atom stereocenters. The molecule has 0 saturated heterocycles. The first-order valence-corrected chi connectivity index (χ1v) is 2.51. The Morgan fingerprint density at radius 2 is 2.22 bits per heavy atom. The number of nitrogens with zero attached hydrogens (tertiary/aromatic N) is 1. The molecule has 55 valence electrons. The summed E-state index contributed by atoms with van der Waals surface area (Å²) in [5.41, 5.74) is 3.92. The van der Waals surface area contributed by atoms with Gasteiger partial charge in [0.2, 0.25) is 0 Å². The van der Waals surface area contributed by atoms with Crippen molar-refractivity contribution in [1.29, 1.82) is 0 Å². The van der Waals surface area contributed by atoms with Crippen LogP contribution >= 0.6 is 0 Å². The summed E-state index contributed by atoms with van der Waals surface area (Å²) in [6, 6.07) is 0. The molecule has 1 rings (SSSR count). The van der Waals surface area contributed by atoms with E-state index in [1.807, 2.05) is 19.1 Å². The molecule has 1 aliphatic heterocycles. The first-order chi connectivity index (χ1) is 3.89. The maximum atomic E-state index is 4.01. The van der Waals surface area contributed by atoms with Crippen molar-refractivity contribution >= 4 is 6.21 Å². The van der Waals surface area contributed by atoms with Crippen molar-refractivity contribution in [2.24, 2.45) is 4.99 Å². The normalized spacial score (nSPS) is 14.1. The topological polar surface area (TPSA) is 12.4 Å². The Labute approximate surface area is 48.7 Å². The number of rotatable bonds is 0. The van der Waals surface area contributed by atoms with Crippen molar-refractivity contribution in [3.63, 3.8) is 0 Å². The van der Waals surface area contributed by atoms with Crippen molar-refractivity contribution in [1.82, 2.24) is 0 Å². The van der Waals surface area contributed by atoms with Gasteiger partial charge in [0.15, 0.2) is 0 Å². The van der Waals surface area contributed by atoms with Crippen molar-refractivity contribution in [3.8, 4) is 0 Å². The molecule has 1 radical (unpaired) electrons. The predicted molar refractivity (Wildman–Crippen MR) is 34.9 cm³/mol. The number of hydrogen-bond donors (Lipinski definition) is 0. The summed E-state index contributed by atoms with van der Waals surface area (Å²) in [5, 5.41) is 0. The van der Waals surface area contributed by atoms with Crippen LogP contribution in [0.15, 0.2) is 34.6 Å². The second kappa shape index (κ2) is 3.00. The molecule has 1 aliphatic rings. The minimum atomic E-state index is 0. The van der Waals surface area contributed by atoms with Gasteiger partial charge in [-0.25, -0.2) is 0 Å². The molecule has 0 aliphatic carbocycles. The van der Waals surface area contributed by atoms with E-state index in [-0.39, 0.29) is 0 Å². The van der Waals surface area contributed by atoms with Crippen molar-refractivity contribution in [2.45, 2.75) is 6.92 Å². The molecule has 0 aromatic rings. The Morgan fingerprint density at radius 1 is 1.44 bits per heavy atom. The fourth-order valence-electron chi connectivity index (χ4n) is 0.465.